The van der Waals surface area contributed by atoms with Crippen LogP contribution in [0.2, 0.25) is 0 Å². The Morgan fingerprint density at radius 2 is 2.60 bits per heavy atom. The van der Waals surface area contributed by atoms with E-state index in [-0.39, 0.29) is 11.5 Å². The molecule has 3 nitrogen and oxygen atoms in total. The Hall–Kier alpha value is -0.570. The van der Waals surface area contributed by atoms with E-state index < -0.39 is 0 Å². The maximum Gasteiger partial charge on any atom is 0.326 e. The zero-order chi connectivity index (χ0) is 7.19. The van der Waals surface area contributed by atoms with Gasteiger partial charge >= 0.3 is 5.97 Å². The fourth-order valence-corrected chi connectivity index (χ4v) is 1.76. The maximum absolute atomic E-state index is 11.1. The number of nitrogens with one attached hydrogen (secondary N) is 1. The lowest BCUT2D eigenvalue weighted by molar-refractivity contribution is -0.150. The maximum atomic E-state index is 11.1. The van der Waals surface area contributed by atoms with Crippen LogP contribution in [0.4, 0.5) is 0 Å². The van der Waals surface area contributed by atoms with Gasteiger partial charge in [-0.1, -0.05) is 0 Å². The fraction of sp³-hybridized carbons (Fsp3) is 0.857. The molecule has 2 rings (SSSR count). The smallest absolute Gasteiger partial charge is 0.326 e. The van der Waals surface area contributed by atoms with E-state index >= 15 is 0 Å². The molecule has 0 unspecified atom stereocenters. The van der Waals surface area contributed by atoms with Crippen molar-refractivity contribution >= 4 is 5.97 Å². The molecule has 3 heteroatoms. The number of ether oxygens (including phenoxy) is 1. The Balaban J connectivity index is 2.17. The molecule has 1 saturated carbocycles. The first-order chi connectivity index (χ1) is 4.79. The van der Waals surface area contributed by atoms with Gasteiger partial charge in [0.2, 0.25) is 0 Å². The second kappa shape index (κ2) is 1.72. The van der Waals surface area contributed by atoms with Crippen LogP contribution in [0.3, 0.4) is 0 Å². The van der Waals surface area contributed by atoms with Gasteiger partial charge < -0.3 is 10.1 Å². The molecular formula is C7H11NO2. The Morgan fingerprint density at radius 3 is 3.10 bits per heavy atom. The van der Waals surface area contributed by atoms with Gasteiger partial charge in [0.25, 0.3) is 0 Å². The molecule has 1 heterocycles. The monoisotopic (exact) mass is 141 g/mol. The number of carbonyl (C=O) groups is 1. The number of hydrogen-bond acceptors (Lipinski definition) is 3. The average Bonchev–Trinajstić information content (AvgIpc) is 2.65. The number of fused-ring (bicyclic) bond motifs is 1. The minimum absolute atomic E-state index is 0.0498. The van der Waals surface area contributed by atoms with Crippen LogP contribution in [0.15, 0.2) is 0 Å². The molecule has 0 amide bonds. The van der Waals surface area contributed by atoms with E-state index in [2.05, 4.69) is 5.32 Å². The SMILES string of the molecule is CN[C@@]12C[C@@H]1CCOC2=O. The van der Waals surface area contributed by atoms with Gasteiger partial charge in [0.15, 0.2) is 0 Å². The summed E-state index contributed by atoms with van der Waals surface area (Å²) in [5, 5.41) is 3.03. The van der Waals surface area contributed by atoms with Crippen molar-refractivity contribution in [1.82, 2.24) is 5.32 Å². The Kier molecular flexibility index (Phi) is 1.06. The van der Waals surface area contributed by atoms with E-state index in [0.717, 1.165) is 12.8 Å². The summed E-state index contributed by atoms with van der Waals surface area (Å²) in [4.78, 5) is 11.1. The summed E-state index contributed by atoms with van der Waals surface area (Å²) in [6, 6.07) is 0. The zero-order valence-corrected chi connectivity index (χ0v) is 6.02. The Morgan fingerprint density at radius 1 is 1.80 bits per heavy atom. The zero-order valence-electron chi connectivity index (χ0n) is 6.02. The van der Waals surface area contributed by atoms with E-state index in [9.17, 15) is 4.79 Å². The van der Waals surface area contributed by atoms with Crippen molar-refractivity contribution in [1.29, 1.82) is 0 Å². The molecule has 2 aliphatic rings. The first-order valence-electron chi connectivity index (χ1n) is 3.66. The molecule has 1 aliphatic heterocycles. The summed E-state index contributed by atoms with van der Waals surface area (Å²) in [6.45, 7) is 0.618. The highest BCUT2D eigenvalue weighted by atomic mass is 16.5. The lowest BCUT2D eigenvalue weighted by Gasteiger charge is -2.19. The summed E-state index contributed by atoms with van der Waals surface area (Å²) in [6.07, 6.45) is 2.01. The molecule has 2 fully saturated rings. The van der Waals surface area contributed by atoms with Gasteiger partial charge in [-0.3, -0.25) is 4.79 Å². The van der Waals surface area contributed by atoms with Crippen molar-refractivity contribution in [2.75, 3.05) is 13.7 Å². The highest BCUT2D eigenvalue weighted by Gasteiger charge is 2.61. The van der Waals surface area contributed by atoms with Crippen LogP contribution in [0, 0.1) is 5.92 Å². The van der Waals surface area contributed by atoms with Crippen molar-refractivity contribution in [2.24, 2.45) is 5.92 Å². The second-order valence-electron chi connectivity index (χ2n) is 3.05. The van der Waals surface area contributed by atoms with Crippen LogP contribution in [-0.2, 0) is 9.53 Å². The van der Waals surface area contributed by atoms with Gasteiger partial charge in [0.05, 0.1) is 6.61 Å². The predicted molar refractivity (Wildman–Crippen MR) is 35.5 cm³/mol. The predicted octanol–water partition coefficient (Wildman–Crippen LogP) is -0.0886. The third-order valence-electron chi connectivity index (χ3n) is 2.62. The van der Waals surface area contributed by atoms with Gasteiger partial charge in [-0.05, 0) is 25.8 Å². The molecule has 0 aromatic carbocycles. The summed E-state index contributed by atoms with van der Waals surface area (Å²) in [5.74, 6) is 0.505. The quantitative estimate of drug-likeness (QED) is 0.519. The number of cyclic esters (lactones) is 1. The number of hydrogen-bond donors (Lipinski definition) is 1. The summed E-state index contributed by atoms with van der Waals surface area (Å²) in [7, 11) is 1.83. The molecule has 0 spiro atoms. The summed E-state index contributed by atoms with van der Waals surface area (Å²) >= 11 is 0. The molecule has 0 radical (unpaired) electrons. The largest absolute Gasteiger partial charge is 0.464 e. The lowest BCUT2D eigenvalue weighted by Crippen LogP contribution is -2.43. The molecule has 56 valence electrons. The second-order valence-corrected chi connectivity index (χ2v) is 3.05. The first kappa shape index (κ1) is 6.16. The van der Waals surface area contributed by atoms with Crippen LogP contribution in [-0.4, -0.2) is 25.2 Å². The Bertz CT molecular complexity index is 180. The molecular weight excluding hydrogens is 130 g/mol. The minimum atomic E-state index is -0.266. The highest BCUT2D eigenvalue weighted by molar-refractivity contribution is 5.85. The van der Waals surface area contributed by atoms with Crippen LogP contribution >= 0.6 is 0 Å². The van der Waals surface area contributed by atoms with Crippen LogP contribution in [0.5, 0.6) is 0 Å². The minimum Gasteiger partial charge on any atom is -0.464 e. The van der Waals surface area contributed by atoms with E-state index in [1.807, 2.05) is 7.05 Å². The van der Waals surface area contributed by atoms with Crippen molar-refractivity contribution in [3.05, 3.63) is 0 Å². The molecule has 1 saturated heterocycles. The van der Waals surface area contributed by atoms with Gasteiger partial charge in [-0.25, -0.2) is 0 Å². The van der Waals surface area contributed by atoms with Crippen molar-refractivity contribution < 1.29 is 9.53 Å². The van der Waals surface area contributed by atoms with Gasteiger partial charge in [0, 0.05) is 0 Å². The van der Waals surface area contributed by atoms with E-state index in [0.29, 0.717) is 12.5 Å². The number of rotatable bonds is 1. The van der Waals surface area contributed by atoms with E-state index in [1.165, 1.54) is 0 Å². The standard InChI is InChI=1S/C7H11NO2/c1-8-7-4-5(7)2-3-10-6(7)9/h5,8H,2-4H2,1H3/t5-,7-/m0/s1. The van der Waals surface area contributed by atoms with Crippen molar-refractivity contribution in [2.45, 2.75) is 18.4 Å². The number of likely N-dealkylation sites (N-methyl/N-ethyl adjacent to an activating group) is 1. The summed E-state index contributed by atoms with van der Waals surface area (Å²) in [5.41, 5.74) is -0.266. The highest BCUT2D eigenvalue weighted by Crippen LogP contribution is 2.48. The third kappa shape index (κ3) is 0.560. The van der Waals surface area contributed by atoms with Gasteiger partial charge in [-0.2, -0.15) is 0 Å². The molecule has 0 bridgehead atoms. The average molecular weight is 141 g/mol. The lowest BCUT2D eigenvalue weighted by atomic mass is 10.1. The third-order valence-corrected chi connectivity index (χ3v) is 2.62. The molecule has 0 aromatic rings. The topological polar surface area (TPSA) is 38.3 Å². The van der Waals surface area contributed by atoms with Crippen LogP contribution in [0.25, 0.3) is 0 Å². The van der Waals surface area contributed by atoms with E-state index in [1.54, 1.807) is 0 Å². The number of esters is 1. The first-order valence-corrected chi connectivity index (χ1v) is 3.66. The van der Waals surface area contributed by atoms with Gasteiger partial charge in [0.1, 0.15) is 5.54 Å². The molecule has 0 aromatic heterocycles. The van der Waals surface area contributed by atoms with Gasteiger partial charge in [-0.15, -0.1) is 0 Å². The van der Waals surface area contributed by atoms with Crippen LogP contribution < -0.4 is 5.32 Å². The molecule has 1 N–H and O–H groups in total. The Labute approximate surface area is 59.7 Å². The van der Waals surface area contributed by atoms with Crippen molar-refractivity contribution in [3.8, 4) is 0 Å². The molecule has 2 atom stereocenters. The fourth-order valence-electron chi connectivity index (χ4n) is 1.76. The number of carbonyl (C=O) groups excluding carboxylic acids is 1. The molecule has 10 heavy (non-hydrogen) atoms. The van der Waals surface area contributed by atoms with E-state index in [4.69, 9.17) is 4.74 Å². The molecule has 1 aliphatic carbocycles. The van der Waals surface area contributed by atoms with Crippen LogP contribution in [0.1, 0.15) is 12.8 Å². The normalized spacial score (nSPS) is 44.1. The van der Waals surface area contributed by atoms with Crippen molar-refractivity contribution in [3.63, 3.8) is 0 Å². The summed E-state index contributed by atoms with van der Waals surface area (Å²) < 4.78 is 4.92.